The molecule has 0 aliphatic heterocycles. The summed E-state index contributed by atoms with van der Waals surface area (Å²) in [5, 5.41) is 23.4. The minimum Gasteiger partial charge on any atom is -0.504 e. The Morgan fingerprint density at radius 3 is 2.44 bits per heavy atom. The van der Waals surface area contributed by atoms with Crippen LogP contribution in [0.3, 0.4) is 0 Å². The van der Waals surface area contributed by atoms with Gasteiger partial charge in [0.25, 0.3) is 0 Å². The Balaban J connectivity index is 0.00000289. The molecule has 0 bridgehead atoms. The van der Waals surface area contributed by atoms with E-state index in [1.165, 1.54) is 25.5 Å². The number of ether oxygens (including phenoxy) is 1. The van der Waals surface area contributed by atoms with Crippen molar-refractivity contribution in [2.24, 2.45) is 5.73 Å². The molecule has 0 fully saturated rings. The van der Waals surface area contributed by atoms with E-state index in [4.69, 9.17) is 10.5 Å². The Kier molecular flexibility index (Phi) is 13.3. The second-order valence-corrected chi connectivity index (χ2v) is 8.70. The highest BCUT2D eigenvalue weighted by Crippen LogP contribution is 2.42. The molecule has 190 valence electrons. The topological polar surface area (TPSA) is 105 Å². The molecule has 0 spiro atoms. The summed E-state index contributed by atoms with van der Waals surface area (Å²) in [5.74, 6) is -0.0516. The molecule has 8 heteroatoms. The van der Waals surface area contributed by atoms with Gasteiger partial charge in [-0.3, -0.25) is 0 Å². The number of phenols is 2. The predicted octanol–water partition coefficient (Wildman–Crippen LogP) is 4.87. The number of hydrogen-bond donors (Lipinski definition) is 4. The van der Waals surface area contributed by atoms with Crippen LogP contribution in [0.1, 0.15) is 71.5 Å². The normalized spacial score (nSPS) is 16.6. The number of nitrogens with one attached hydrogen (secondary N) is 1. The summed E-state index contributed by atoms with van der Waals surface area (Å²) in [5.41, 5.74) is 10.1. The van der Waals surface area contributed by atoms with Gasteiger partial charge in [0.15, 0.2) is 11.5 Å². The minimum atomic E-state index is -0.304. The quantitative estimate of drug-likeness (QED) is 0.194. The van der Waals surface area contributed by atoms with Crippen LogP contribution in [-0.4, -0.2) is 42.4 Å². The van der Waals surface area contributed by atoms with Crippen LogP contribution in [0.2, 0.25) is 0 Å². The van der Waals surface area contributed by atoms with Crippen molar-refractivity contribution in [2.45, 2.75) is 63.3 Å². The molecule has 3 rings (SSSR count). The first-order chi connectivity index (χ1) is 15.5. The van der Waals surface area contributed by atoms with Crippen LogP contribution in [0.15, 0.2) is 36.4 Å². The van der Waals surface area contributed by atoms with Crippen LogP contribution in [0.25, 0.3) is 0 Å². The van der Waals surface area contributed by atoms with Crippen molar-refractivity contribution in [3.63, 3.8) is 0 Å². The summed E-state index contributed by atoms with van der Waals surface area (Å²) in [7, 11) is 1.39. The highest BCUT2D eigenvalue weighted by Gasteiger charge is 2.29. The molecule has 2 aromatic rings. The largest absolute Gasteiger partial charge is 0.504 e. The average molecular weight is 514 g/mol. The third-order valence-corrected chi connectivity index (χ3v) is 6.53. The van der Waals surface area contributed by atoms with Gasteiger partial charge in [0.1, 0.15) is 0 Å². The van der Waals surface area contributed by atoms with Gasteiger partial charge in [-0.15, -0.1) is 24.8 Å². The standard InChI is InChI=1S/C26H36N2O4.2ClH/c1-32-26(31)19-9-7-18(8-10-19)15-17-28-16-5-3-2-4-6-21-20-12-14-24(29)25(30)22(20)11-13-23(21)27;;/h7-10,12,14,21,23,28-30H,2-6,11,13,15-17,27H2,1H3;2*1H. The number of halogens is 2. The van der Waals surface area contributed by atoms with Crippen LogP contribution in [-0.2, 0) is 17.6 Å². The Morgan fingerprint density at radius 1 is 1.03 bits per heavy atom. The molecule has 0 radical (unpaired) electrons. The second-order valence-electron chi connectivity index (χ2n) is 8.70. The van der Waals surface area contributed by atoms with Crippen LogP contribution in [0, 0.1) is 0 Å². The molecular weight excluding hydrogens is 475 g/mol. The Hall–Kier alpha value is -1.99. The van der Waals surface area contributed by atoms with Crippen molar-refractivity contribution in [2.75, 3.05) is 20.2 Å². The van der Waals surface area contributed by atoms with E-state index in [1.807, 2.05) is 30.3 Å². The maximum absolute atomic E-state index is 11.5. The number of rotatable bonds is 11. The first-order valence-electron chi connectivity index (χ1n) is 11.7. The fourth-order valence-corrected chi connectivity index (χ4v) is 4.61. The van der Waals surface area contributed by atoms with Crippen molar-refractivity contribution >= 4 is 30.8 Å². The molecule has 0 saturated heterocycles. The molecule has 2 aromatic carbocycles. The lowest BCUT2D eigenvalue weighted by Gasteiger charge is -2.32. The summed E-state index contributed by atoms with van der Waals surface area (Å²) < 4.78 is 4.72. The molecule has 2 unspecified atom stereocenters. The van der Waals surface area contributed by atoms with Crippen molar-refractivity contribution in [3.8, 4) is 11.5 Å². The van der Waals surface area contributed by atoms with Crippen molar-refractivity contribution in [3.05, 3.63) is 58.7 Å². The maximum Gasteiger partial charge on any atom is 0.337 e. The second kappa shape index (κ2) is 15.1. The molecular formula is C26H38Cl2N2O4. The number of carbonyl (C=O) groups is 1. The number of methoxy groups -OCH3 is 1. The maximum atomic E-state index is 11.5. The first-order valence-corrected chi connectivity index (χ1v) is 11.7. The summed E-state index contributed by atoms with van der Waals surface area (Å²) in [6.45, 7) is 1.92. The monoisotopic (exact) mass is 512 g/mol. The summed E-state index contributed by atoms with van der Waals surface area (Å²) in [6, 6.07) is 11.2. The smallest absolute Gasteiger partial charge is 0.337 e. The van der Waals surface area contributed by atoms with Gasteiger partial charge in [-0.05, 0) is 80.4 Å². The zero-order chi connectivity index (χ0) is 22.9. The molecule has 0 amide bonds. The average Bonchev–Trinajstić information content (AvgIpc) is 2.81. The number of esters is 1. The zero-order valence-corrected chi connectivity index (χ0v) is 21.4. The highest BCUT2D eigenvalue weighted by molar-refractivity contribution is 5.89. The van der Waals surface area contributed by atoms with E-state index in [2.05, 4.69) is 5.32 Å². The van der Waals surface area contributed by atoms with Gasteiger partial charge >= 0.3 is 5.97 Å². The van der Waals surface area contributed by atoms with Gasteiger partial charge in [0, 0.05) is 11.6 Å². The lowest BCUT2D eigenvalue weighted by Crippen LogP contribution is -2.33. The van der Waals surface area contributed by atoms with E-state index in [0.29, 0.717) is 5.56 Å². The van der Waals surface area contributed by atoms with Gasteiger partial charge in [-0.25, -0.2) is 4.79 Å². The SMILES string of the molecule is COC(=O)c1ccc(CCNCCCCCCC2c3ccc(O)c(O)c3CCC2N)cc1.Cl.Cl. The Morgan fingerprint density at radius 2 is 1.74 bits per heavy atom. The first kappa shape index (κ1) is 30.0. The summed E-state index contributed by atoms with van der Waals surface area (Å²) in [6.07, 6.45) is 8.14. The van der Waals surface area contributed by atoms with Crippen LogP contribution >= 0.6 is 24.8 Å². The number of nitrogens with two attached hydrogens (primary N) is 1. The van der Waals surface area contributed by atoms with Crippen molar-refractivity contribution in [1.29, 1.82) is 0 Å². The van der Waals surface area contributed by atoms with Gasteiger partial charge in [0.05, 0.1) is 12.7 Å². The molecule has 0 aromatic heterocycles. The van der Waals surface area contributed by atoms with Gasteiger partial charge in [-0.1, -0.05) is 37.5 Å². The van der Waals surface area contributed by atoms with E-state index in [-0.39, 0.29) is 54.2 Å². The molecule has 1 aliphatic rings. The number of carbonyl (C=O) groups excluding carboxylic acids is 1. The van der Waals surface area contributed by atoms with E-state index in [9.17, 15) is 15.0 Å². The molecule has 34 heavy (non-hydrogen) atoms. The lowest BCUT2D eigenvalue weighted by atomic mass is 9.76. The number of benzene rings is 2. The lowest BCUT2D eigenvalue weighted by molar-refractivity contribution is 0.0600. The number of fused-ring (bicyclic) bond motifs is 1. The molecule has 0 saturated carbocycles. The number of unbranched alkanes of at least 4 members (excludes halogenated alkanes) is 3. The zero-order valence-electron chi connectivity index (χ0n) is 19.8. The van der Waals surface area contributed by atoms with Crippen molar-refractivity contribution < 1.29 is 19.7 Å². The fourth-order valence-electron chi connectivity index (χ4n) is 4.61. The van der Waals surface area contributed by atoms with E-state index in [0.717, 1.165) is 62.7 Å². The number of phenolic OH excluding ortho intramolecular Hbond substituents is 2. The Bertz CT molecular complexity index is 893. The third kappa shape index (κ3) is 8.05. The minimum absolute atomic E-state index is 0. The summed E-state index contributed by atoms with van der Waals surface area (Å²) in [4.78, 5) is 11.5. The van der Waals surface area contributed by atoms with Gasteiger partial charge < -0.3 is 26.0 Å². The van der Waals surface area contributed by atoms with Crippen LogP contribution in [0.4, 0.5) is 0 Å². The number of hydrogen-bond acceptors (Lipinski definition) is 6. The van der Waals surface area contributed by atoms with Crippen LogP contribution in [0.5, 0.6) is 11.5 Å². The van der Waals surface area contributed by atoms with E-state index in [1.54, 1.807) is 6.07 Å². The Labute approximate surface area is 215 Å². The van der Waals surface area contributed by atoms with E-state index < -0.39 is 0 Å². The molecule has 2 atom stereocenters. The molecule has 1 aliphatic carbocycles. The third-order valence-electron chi connectivity index (χ3n) is 6.53. The van der Waals surface area contributed by atoms with E-state index >= 15 is 0 Å². The van der Waals surface area contributed by atoms with Gasteiger partial charge in [0.2, 0.25) is 0 Å². The van der Waals surface area contributed by atoms with Crippen LogP contribution < -0.4 is 11.1 Å². The van der Waals surface area contributed by atoms with Gasteiger partial charge in [-0.2, -0.15) is 0 Å². The molecule has 6 nitrogen and oxygen atoms in total. The molecule has 0 heterocycles. The molecule has 5 N–H and O–H groups in total. The summed E-state index contributed by atoms with van der Waals surface area (Å²) >= 11 is 0. The number of aromatic hydroxyl groups is 2. The predicted molar refractivity (Wildman–Crippen MR) is 141 cm³/mol. The fraction of sp³-hybridized carbons (Fsp3) is 0.500. The van der Waals surface area contributed by atoms with Crippen molar-refractivity contribution in [1.82, 2.24) is 5.32 Å². The highest BCUT2D eigenvalue weighted by atomic mass is 35.5.